The number of rotatable bonds is 15. The Balaban J connectivity index is 0.00000627. The van der Waals surface area contributed by atoms with Gasteiger partial charge in [0.1, 0.15) is 5.75 Å². The summed E-state index contributed by atoms with van der Waals surface area (Å²) in [6.07, 6.45) is 1.39. The van der Waals surface area contributed by atoms with Gasteiger partial charge in [-0.15, -0.1) is 12.4 Å². The van der Waals surface area contributed by atoms with Crippen LogP contribution >= 0.6 is 35.6 Å². The van der Waals surface area contributed by atoms with Crippen molar-refractivity contribution in [1.82, 2.24) is 10.2 Å². The number of primary amides is 1. The fourth-order valence-electron chi connectivity index (χ4n) is 7.02. The third kappa shape index (κ3) is 9.31. The topological polar surface area (TPSA) is 122 Å². The first-order valence-electron chi connectivity index (χ1n) is 17.0. The Labute approximate surface area is 327 Å². The number of likely N-dealkylation sites (N-methyl/N-ethyl adjacent to an activating group) is 1. The van der Waals surface area contributed by atoms with Gasteiger partial charge >= 0.3 is 6.09 Å². The minimum atomic E-state index is -1.12. The molecule has 0 spiro atoms. The monoisotopic (exact) mass is 785 g/mol. The second-order valence-electron chi connectivity index (χ2n) is 12.9. The number of carbonyl (C=O) groups excluding carboxylic acids is 2. The molecule has 4 aromatic carbocycles. The number of carbonyl (C=O) groups is 2. The molecular weight excluding hydrogens is 741 g/mol. The summed E-state index contributed by atoms with van der Waals surface area (Å²) in [5.74, 6) is 1.46. The maximum absolute atomic E-state index is 14.0. The molecule has 4 aromatic rings. The first-order chi connectivity index (χ1) is 25.1. The van der Waals surface area contributed by atoms with Gasteiger partial charge in [-0.05, 0) is 85.3 Å². The van der Waals surface area contributed by atoms with E-state index < -0.39 is 17.0 Å². The molecule has 3 atom stereocenters. The molecular formula is C40H46Cl3N3O7. The standard InChI is InChI=1S/C40H45Cl2N3O7.ClH/c1-45(38(47)52-31-13-9-6-10-14-31)40(29-15-16-32(41)33(42)23-29,26-51-25-27-21-34(48-2)36(50-4)35(22-27)49-3)18-17-30-24-39(37(43)46,19-20-44-30)28-11-7-5-8-12-28;/h5-16,21-23,30,44H,17-20,24-26H2,1-4H3,(H2,43,46);1H. The maximum atomic E-state index is 14.0. The summed E-state index contributed by atoms with van der Waals surface area (Å²) in [4.78, 5) is 28.7. The molecule has 0 aliphatic carbocycles. The van der Waals surface area contributed by atoms with Crippen LogP contribution in [-0.2, 0) is 27.1 Å². The zero-order valence-electron chi connectivity index (χ0n) is 30.2. The van der Waals surface area contributed by atoms with E-state index in [0.29, 0.717) is 70.8 Å². The lowest BCUT2D eigenvalue weighted by Gasteiger charge is -2.44. The summed E-state index contributed by atoms with van der Waals surface area (Å²) < 4.78 is 29.0. The number of ether oxygens (including phenoxy) is 5. The van der Waals surface area contributed by atoms with Crippen molar-refractivity contribution < 1.29 is 33.3 Å². The number of halogens is 3. The molecule has 53 heavy (non-hydrogen) atoms. The molecule has 0 saturated carbocycles. The minimum absolute atomic E-state index is 0. The van der Waals surface area contributed by atoms with Gasteiger partial charge in [0.25, 0.3) is 0 Å². The molecule has 2 amide bonds. The first kappa shape index (κ1) is 41.6. The summed E-state index contributed by atoms with van der Waals surface area (Å²) in [5.41, 5.74) is 6.51. The molecule has 5 rings (SSSR count). The summed E-state index contributed by atoms with van der Waals surface area (Å²) >= 11 is 13.0. The zero-order valence-corrected chi connectivity index (χ0v) is 32.6. The SMILES string of the molecule is COc1cc(COCC(CCC2CC(C(N)=O)(c3ccccc3)CCN2)(c2ccc(Cl)c(Cl)c2)N(C)C(=O)Oc2ccccc2)cc(OC)c1OC.Cl. The molecule has 0 bridgehead atoms. The quantitative estimate of drug-likeness (QED) is 0.125. The van der Waals surface area contributed by atoms with E-state index in [1.807, 2.05) is 54.6 Å². The number of hydrogen-bond donors (Lipinski definition) is 2. The maximum Gasteiger partial charge on any atom is 0.415 e. The van der Waals surface area contributed by atoms with E-state index in [0.717, 1.165) is 11.1 Å². The van der Waals surface area contributed by atoms with E-state index in [1.54, 1.807) is 69.7 Å². The average molecular weight is 787 g/mol. The van der Waals surface area contributed by atoms with E-state index in [2.05, 4.69) is 5.32 Å². The van der Waals surface area contributed by atoms with Crippen LogP contribution in [0.25, 0.3) is 0 Å². The normalized spacial score (nSPS) is 17.8. The van der Waals surface area contributed by atoms with E-state index >= 15 is 0 Å². The Morgan fingerprint density at radius 3 is 2.13 bits per heavy atom. The molecule has 13 heteroatoms. The van der Waals surface area contributed by atoms with Gasteiger partial charge in [-0.25, -0.2) is 4.79 Å². The lowest BCUT2D eigenvalue weighted by atomic mass is 9.69. The summed E-state index contributed by atoms with van der Waals surface area (Å²) in [6, 6.07) is 27.3. The van der Waals surface area contributed by atoms with Crippen molar-refractivity contribution in [2.45, 2.75) is 49.3 Å². The van der Waals surface area contributed by atoms with Crippen molar-refractivity contribution in [1.29, 1.82) is 0 Å². The molecule has 1 heterocycles. The van der Waals surface area contributed by atoms with Crippen molar-refractivity contribution in [3.8, 4) is 23.0 Å². The Bertz CT molecular complexity index is 1810. The van der Waals surface area contributed by atoms with Crippen LogP contribution in [0, 0.1) is 0 Å². The molecule has 0 radical (unpaired) electrons. The molecule has 1 aliphatic heterocycles. The van der Waals surface area contributed by atoms with Gasteiger partial charge in [0.05, 0.1) is 55.5 Å². The van der Waals surface area contributed by atoms with Gasteiger partial charge in [0.15, 0.2) is 11.5 Å². The second kappa shape index (κ2) is 18.7. The van der Waals surface area contributed by atoms with Crippen LogP contribution in [0.2, 0.25) is 10.0 Å². The lowest BCUT2D eigenvalue weighted by molar-refractivity contribution is -0.125. The highest BCUT2D eigenvalue weighted by atomic mass is 35.5. The van der Waals surface area contributed by atoms with Crippen LogP contribution in [0.3, 0.4) is 0 Å². The van der Waals surface area contributed by atoms with Gasteiger partial charge in [-0.2, -0.15) is 0 Å². The average Bonchev–Trinajstić information content (AvgIpc) is 3.17. The van der Waals surface area contributed by atoms with E-state index in [-0.39, 0.29) is 37.6 Å². The first-order valence-corrected chi connectivity index (χ1v) is 17.7. The van der Waals surface area contributed by atoms with Crippen LogP contribution in [0.4, 0.5) is 4.79 Å². The zero-order chi connectivity index (χ0) is 37.3. The fraction of sp³-hybridized carbons (Fsp3) is 0.350. The third-order valence-corrected chi connectivity index (χ3v) is 10.7. The van der Waals surface area contributed by atoms with Crippen molar-refractivity contribution in [2.24, 2.45) is 5.73 Å². The van der Waals surface area contributed by atoms with Crippen LogP contribution in [0.15, 0.2) is 91.0 Å². The molecule has 3 N–H and O–H groups in total. The molecule has 1 fully saturated rings. The minimum Gasteiger partial charge on any atom is -0.493 e. The number of nitrogens with one attached hydrogen (secondary N) is 1. The van der Waals surface area contributed by atoms with Crippen LogP contribution in [-0.4, -0.2) is 64.5 Å². The molecule has 284 valence electrons. The Morgan fingerprint density at radius 2 is 1.55 bits per heavy atom. The smallest absolute Gasteiger partial charge is 0.415 e. The number of benzene rings is 4. The van der Waals surface area contributed by atoms with Crippen molar-refractivity contribution >= 4 is 47.6 Å². The fourth-order valence-corrected chi connectivity index (χ4v) is 7.32. The number of nitrogens with two attached hydrogens (primary N) is 1. The largest absolute Gasteiger partial charge is 0.493 e. The number of nitrogens with zero attached hydrogens (tertiary/aromatic N) is 1. The number of amides is 2. The predicted octanol–water partition coefficient (Wildman–Crippen LogP) is 7.94. The van der Waals surface area contributed by atoms with Crippen molar-refractivity contribution in [2.75, 3.05) is 41.5 Å². The highest BCUT2D eigenvalue weighted by Gasteiger charge is 2.45. The van der Waals surface area contributed by atoms with Crippen LogP contribution in [0.1, 0.15) is 42.4 Å². The number of piperidine rings is 1. The molecule has 1 aliphatic rings. The van der Waals surface area contributed by atoms with Gasteiger partial charge < -0.3 is 34.7 Å². The van der Waals surface area contributed by atoms with E-state index in [4.69, 9.17) is 52.6 Å². The molecule has 0 aromatic heterocycles. The number of para-hydroxylation sites is 1. The predicted molar refractivity (Wildman–Crippen MR) is 209 cm³/mol. The summed E-state index contributed by atoms with van der Waals surface area (Å²) in [7, 11) is 6.33. The van der Waals surface area contributed by atoms with Gasteiger partial charge in [0.2, 0.25) is 11.7 Å². The van der Waals surface area contributed by atoms with Crippen LogP contribution < -0.4 is 30.0 Å². The summed E-state index contributed by atoms with van der Waals surface area (Å²) in [5, 5.41) is 4.29. The van der Waals surface area contributed by atoms with E-state index in [9.17, 15) is 9.59 Å². The molecule has 10 nitrogen and oxygen atoms in total. The van der Waals surface area contributed by atoms with Crippen molar-refractivity contribution in [3.63, 3.8) is 0 Å². The second-order valence-corrected chi connectivity index (χ2v) is 13.7. The Kier molecular flexibility index (Phi) is 14.7. The third-order valence-electron chi connectivity index (χ3n) is 9.94. The van der Waals surface area contributed by atoms with Crippen LogP contribution in [0.5, 0.6) is 23.0 Å². The number of methoxy groups -OCH3 is 3. The van der Waals surface area contributed by atoms with Crippen molar-refractivity contribution in [3.05, 3.63) is 118 Å². The molecule has 3 unspecified atom stereocenters. The molecule has 1 saturated heterocycles. The highest BCUT2D eigenvalue weighted by molar-refractivity contribution is 6.42. The summed E-state index contributed by atoms with van der Waals surface area (Å²) in [6.45, 7) is 0.766. The van der Waals surface area contributed by atoms with Gasteiger partial charge in [-0.1, -0.05) is 77.8 Å². The Hall–Kier alpha value is -4.19. The van der Waals surface area contributed by atoms with E-state index in [1.165, 1.54) is 0 Å². The van der Waals surface area contributed by atoms with Gasteiger partial charge in [0, 0.05) is 13.1 Å². The number of hydrogen-bond acceptors (Lipinski definition) is 8. The Morgan fingerprint density at radius 1 is 0.906 bits per heavy atom. The van der Waals surface area contributed by atoms with Gasteiger partial charge in [-0.3, -0.25) is 9.69 Å². The highest BCUT2D eigenvalue weighted by Crippen LogP contribution is 2.42. The lowest BCUT2D eigenvalue weighted by Crippen LogP contribution is -2.55.